The number of hydrogen-bond acceptors (Lipinski definition) is 10. The molecule has 2 aromatic carbocycles. The third-order valence-electron chi connectivity index (χ3n) is 11.9. The average molecular weight is 908 g/mol. The molecule has 0 amide bonds. The van der Waals surface area contributed by atoms with Gasteiger partial charge in [-0.25, -0.2) is 19.0 Å². The number of halogens is 1. The van der Waals surface area contributed by atoms with E-state index in [4.69, 9.17) is 18.8 Å². The van der Waals surface area contributed by atoms with E-state index in [9.17, 15) is 0 Å². The number of piperidine rings is 2. The monoisotopic (exact) mass is 906 g/mol. The number of hydrogen-bond donors (Lipinski definition) is 0. The first-order valence-electron chi connectivity index (χ1n) is 22.2. The second-order valence-corrected chi connectivity index (χ2v) is 19.9. The Kier molecular flexibility index (Phi) is 14.4. The summed E-state index contributed by atoms with van der Waals surface area (Å²) in [4.78, 5) is 13.6. The summed E-state index contributed by atoms with van der Waals surface area (Å²) in [5.74, 6) is 1.80. The smallest absolute Gasteiger partial charge is 0.487 e. The van der Waals surface area contributed by atoms with Gasteiger partial charge in [0, 0.05) is 55.6 Å². The molecular weight excluding hydrogens is 843 g/mol. The third kappa shape index (κ3) is 12.2. The van der Waals surface area contributed by atoms with Crippen LogP contribution in [0.2, 0.25) is 0 Å². The molecule has 9 rings (SSSR count). The van der Waals surface area contributed by atoms with Crippen molar-refractivity contribution in [2.75, 3.05) is 39.3 Å². The Morgan fingerprint density at radius 3 is 1.55 bits per heavy atom. The van der Waals surface area contributed by atoms with Gasteiger partial charge in [0.1, 0.15) is 22.7 Å². The average Bonchev–Trinajstić information content (AvgIpc) is 3.95. The van der Waals surface area contributed by atoms with Gasteiger partial charge in [-0.1, -0.05) is 37.1 Å². The molecule has 3 aliphatic rings. The van der Waals surface area contributed by atoms with Gasteiger partial charge in [-0.3, -0.25) is 9.80 Å². The van der Waals surface area contributed by atoms with Crippen LogP contribution in [0.15, 0.2) is 102 Å². The van der Waals surface area contributed by atoms with Crippen LogP contribution in [0.5, 0.6) is 11.5 Å². The van der Waals surface area contributed by atoms with Crippen molar-refractivity contribution in [2.45, 2.75) is 116 Å². The van der Waals surface area contributed by atoms with Gasteiger partial charge in [-0.05, 0) is 158 Å². The van der Waals surface area contributed by atoms with Crippen molar-refractivity contribution < 1.29 is 18.8 Å². The predicted octanol–water partition coefficient (Wildman–Crippen LogP) is 9.16. The number of fused-ring (bicyclic) bond motifs is 2. The number of likely N-dealkylation sites (tertiary alicyclic amines) is 2. The molecule has 0 atom stereocenters. The van der Waals surface area contributed by atoms with Crippen LogP contribution in [0.25, 0.3) is 22.4 Å². The van der Waals surface area contributed by atoms with Gasteiger partial charge in [0.25, 0.3) is 0 Å². The van der Waals surface area contributed by atoms with Gasteiger partial charge < -0.3 is 18.8 Å². The van der Waals surface area contributed by atoms with Crippen molar-refractivity contribution in [2.24, 2.45) is 0 Å². The minimum Gasteiger partial charge on any atom is -0.487 e. The summed E-state index contributed by atoms with van der Waals surface area (Å²) in [6.45, 7) is 23.7. The molecule has 3 saturated heterocycles. The quantitative estimate of drug-likeness (QED) is 0.124. The first kappa shape index (κ1) is 45.7. The number of benzene rings is 2. The fourth-order valence-electron chi connectivity index (χ4n) is 8.15. The van der Waals surface area contributed by atoms with Crippen molar-refractivity contribution in [3.8, 4) is 22.6 Å². The van der Waals surface area contributed by atoms with E-state index >= 15 is 0 Å². The van der Waals surface area contributed by atoms with E-state index in [0.29, 0.717) is 0 Å². The molecule has 330 valence electrons. The maximum atomic E-state index is 6.28. The molecule has 0 radical (unpaired) electrons. The second kappa shape index (κ2) is 19.6. The Morgan fingerprint density at radius 1 is 0.597 bits per heavy atom. The number of ether oxygens (including phenoxy) is 2. The molecule has 0 N–H and O–H groups in total. The summed E-state index contributed by atoms with van der Waals surface area (Å²) >= 11 is 3.29. The van der Waals surface area contributed by atoms with E-state index in [1.54, 1.807) is 27.6 Å². The van der Waals surface area contributed by atoms with E-state index in [1.165, 1.54) is 64.7 Å². The van der Waals surface area contributed by atoms with Crippen molar-refractivity contribution in [3.05, 3.63) is 102 Å². The standard InChI is InChI=1S/C21H34BNO3.C21H26N4O.C6H4BrN3/c1-19(2,16-23-14-8-7-9-15-23)24-18-12-10-17(11-13-18)22-25-20(3,4)21(5,6)26-22;1-21(2,16-24-12-4-3-5-13-24)26-19-8-6-17(7-9-19)18-14-22-20-10-11-23-25(20)15-18;7-5-3-8-6-1-2-9-10(6)4-5/h10-13H,7-9,14-16H2,1-6H3;6-11,14-15H,3-5,12-13,16H2,1-2H3;1-4H. The number of nitrogens with zero attached hydrogens (tertiary/aromatic N) is 8. The van der Waals surface area contributed by atoms with Crippen molar-refractivity contribution in [1.82, 2.24) is 39.0 Å². The number of rotatable bonds is 10. The fraction of sp³-hybridized carbons (Fsp3) is 0.500. The zero-order chi connectivity index (χ0) is 44.0. The van der Waals surface area contributed by atoms with Crippen molar-refractivity contribution in [1.29, 1.82) is 0 Å². The van der Waals surface area contributed by atoms with E-state index in [1.807, 2.05) is 55.0 Å². The highest BCUT2D eigenvalue weighted by Crippen LogP contribution is 2.36. The summed E-state index contributed by atoms with van der Waals surface area (Å²) in [5, 5.41) is 8.25. The van der Waals surface area contributed by atoms with Crippen molar-refractivity contribution in [3.63, 3.8) is 0 Å². The van der Waals surface area contributed by atoms with Crippen LogP contribution in [0.4, 0.5) is 0 Å². The van der Waals surface area contributed by atoms with E-state index in [0.717, 1.165) is 56.9 Å². The minimum atomic E-state index is -0.324. The lowest BCUT2D eigenvalue weighted by Crippen LogP contribution is -2.44. The Balaban J connectivity index is 0.000000153. The van der Waals surface area contributed by atoms with E-state index in [2.05, 4.69) is 126 Å². The van der Waals surface area contributed by atoms with Crippen LogP contribution in [0.3, 0.4) is 0 Å². The SMILES string of the molecule is Brc1cnc2ccnn2c1.CC(C)(CN1CCCCC1)Oc1ccc(-c2cnc3ccnn3c2)cc1.CC(C)(CN1CCCCC1)Oc1ccc(B2OC(C)(C)C(C)(C)O2)cc1. The summed E-state index contributed by atoms with van der Waals surface area (Å²) in [5.41, 5.74) is 3.86. The van der Waals surface area contributed by atoms with E-state index in [-0.39, 0.29) is 29.5 Å². The maximum absolute atomic E-state index is 6.28. The molecule has 0 spiro atoms. The zero-order valence-electron chi connectivity index (χ0n) is 37.9. The molecule has 7 heterocycles. The molecule has 0 unspecified atom stereocenters. The molecule has 12 nitrogen and oxygen atoms in total. The Morgan fingerprint density at radius 2 is 1.05 bits per heavy atom. The summed E-state index contributed by atoms with van der Waals surface area (Å²) < 4.78 is 29.2. The second-order valence-electron chi connectivity index (χ2n) is 19.0. The maximum Gasteiger partial charge on any atom is 0.494 e. The van der Waals surface area contributed by atoms with Crippen LogP contribution in [0.1, 0.15) is 93.9 Å². The van der Waals surface area contributed by atoms with Gasteiger partial charge in [-0.2, -0.15) is 10.2 Å². The van der Waals surface area contributed by atoms with Gasteiger partial charge >= 0.3 is 7.12 Å². The summed E-state index contributed by atoms with van der Waals surface area (Å²) in [6.07, 6.45) is 18.9. The Hall–Kier alpha value is -4.34. The predicted molar refractivity (Wildman–Crippen MR) is 251 cm³/mol. The molecule has 6 aromatic rings. The fourth-order valence-corrected chi connectivity index (χ4v) is 8.44. The van der Waals surface area contributed by atoms with Crippen LogP contribution >= 0.6 is 15.9 Å². The molecule has 0 aliphatic carbocycles. The highest BCUT2D eigenvalue weighted by atomic mass is 79.9. The van der Waals surface area contributed by atoms with Gasteiger partial charge in [0.2, 0.25) is 0 Å². The van der Waals surface area contributed by atoms with Crippen LogP contribution in [0, 0.1) is 0 Å². The van der Waals surface area contributed by atoms with Gasteiger partial charge in [-0.15, -0.1) is 0 Å². The number of aromatic nitrogens is 6. The molecule has 14 heteroatoms. The highest BCUT2D eigenvalue weighted by molar-refractivity contribution is 9.10. The van der Waals surface area contributed by atoms with Crippen LogP contribution in [-0.2, 0) is 9.31 Å². The topological polar surface area (TPSA) is 104 Å². The zero-order valence-corrected chi connectivity index (χ0v) is 39.5. The lowest BCUT2D eigenvalue weighted by molar-refractivity contribution is 0.00578. The lowest BCUT2D eigenvalue weighted by atomic mass is 9.79. The first-order valence-corrected chi connectivity index (χ1v) is 23.0. The van der Waals surface area contributed by atoms with Gasteiger partial charge in [0.15, 0.2) is 11.3 Å². The normalized spacial score (nSPS) is 18.2. The molecular formula is C48H64BBrN8O4. The molecule has 3 fully saturated rings. The Labute approximate surface area is 376 Å². The van der Waals surface area contributed by atoms with Crippen molar-refractivity contribution >= 4 is 39.8 Å². The minimum absolute atomic E-state index is 0.200. The summed E-state index contributed by atoms with van der Waals surface area (Å²) in [6, 6.07) is 20.1. The Bertz CT molecular complexity index is 2320. The first-order chi connectivity index (χ1) is 29.5. The van der Waals surface area contributed by atoms with Gasteiger partial charge in [0.05, 0.1) is 28.1 Å². The van der Waals surface area contributed by atoms with Crippen LogP contribution in [-0.4, -0.2) is 108 Å². The lowest BCUT2D eigenvalue weighted by Gasteiger charge is -2.35. The highest BCUT2D eigenvalue weighted by Gasteiger charge is 2.51. The summed E-state index contributed by atoms with van der Waals surface area (Å²) in [7, 11) is -0.324. The molecule has 3 aliphatic heterocycles. The molecule has 0 saturated carbocycles. The third-order valence-corrected chi connectivity index (χ3v) is 12.4. The molecule has 0 bridgehead atoms. The van der Waals surface area contributed by atoms with E-state index < -0.39 is 0 Å². The van der Waals surface area contributed by atoms with Crippen LogP contribution < -0.4 is 14.9 Å². The molecule has 4 aromatic heterocycles. The largest absolute Gasteiger partial charge is 0.494 e. The molecule has 62 heavy (non-hydrogen) atoms.